The first-order chi connectivity index (χ1) is 14.2. The Bertz CT molecular complexity index is 997. The standard InChI is InChI=1S/C22H25N3O3S/c1-3-27-22(26)19-14(2)18-20(23-13-16-10-7-11-28-16)24-17(25-21(18)29-19)12-15-8-5-4-6-9-15/h4-6,8-9,16H,3,7,10-13H2,1-2H3,(H,23,24,25). The second-order valence-electron chi connectivity index (χ2n) is 7.12. The number of carbonyl (C=O) groups excluding carboxylic acids is 1. The Labute approximate surface area is 174 Å². The fourth-order valence-corrected chi connectivity index (χ4v) is 4.67. The van der Waals surface area contributed by atoms with Gasteiger partial charge in [-0.25, -0.2) is 14.8 Å². The fraction of sp³-hybridized carbons (Fsp3) is 0.409. The van der Waals surface area contributed by atoms with Crippen LogP contribution in [0.1, 0.15) is 46.4 Å². The van der Waals surface area contributed by atoms with E-state index in [-0.39, 0.29) is 12.1 Å². The Morgan fingerprint density at radius 1 is 1.31 bits per heavy atom. The Kier molecular flexibility index (Phi) is 6.06. The highest BCUT2D eigenvalue weighted by atomic mass is 32.1. The molecule has 1 atom stereocenters. The van der Waals surface area contributed by atoms with Crippen molar-refractivity contribution in [2.75, 3.05) is 25.1 Å². The van der Waals surface area contributed by atoms with Crippen molar-refractivity contribution in [3.63, 3.8) is 0 Å². The zero-order valence-electron chi connectivity index (χ0n) is 16.7. The average molecular weight is 412 g/mol. The summed E-state index contributed by atoms with van der Waals surface area (Å²) in [6, 6.07) is 10.2. The normalized spacial score (nSPS) is 16.3. The number of carbonyl (C=O) groups is 1. The highest BCUT2D eigenvalue weighted by Gasteiger charge is 2.22. The van der Waals surface area contributed by atoms with E-state index in [2.05, 4.69) is 17.4 Å². The minimum Gasteiger partial charge on any atom is -0.462 e. The van der Waals surface area contributed by atoms with Crippen LogP contribution < -0.4 is 5.32 Å². The van der Waals surface area contributed by atoms with Gasteiger partial charge in [-0.15, -0.1) is 11.3 Å². The molecule has 0 saturated carbocycles. The van der Waals surface area contributed by atoms with Gasteiger partial charge in [0.1, 0.15) is 21.3 Å². The quantitative estimate of drug-likeness (QED) is 0.583. The average Bonchev–Trinajstić information content (AvgIpc) is 3.35. The summed E-state index contributed by atoms with van der Waals surface area (Å²) in [5.74, 6) is 1.19. The molecular formula is C22H25N3O3S. The monoisotopic (exact) mass is 411 g/mol. The van der Waals surface area contributed by atoms with Crippen molar-refractivity contribution in [1.82, 2.24) is 9.97 Å². The molecule has 0 bridgehead atoms. The van der Waals surface area contributed by atoms with Crippen LogP contribution in [0.3, 0.4) is 0 Å². The Morgan fingerprint density at radius 2 is 2.14 bits per heavy atom. The minimum absolute atomic E-state index is 0.195. The van der Waals surface area contributed by atoms with Gasteiger partial charge in [0.2, 0.25) is 0 Å². The number of rotatable bonds is 7. The first-order valence-electron chi connectivity index (χ1n) is 10.0. The van der Waals surface area contributed by atoms with Gasteiger partial charge in [0.25, 0.3) is 0 Å². The number of anilines is 1. The molecule has 1 aromatic carbocycles. The van der Waals surface area contributed by atoms with Crippen molar-refractivity contribution in [3.05, 3.63) is 52.2 Å². The van der Waals surface area contributed by atoms with Gasteiger partial charge < -0.3 is 14.8 Å². The van der Waals surface area contributed by atoms with E-state index in [4.69, 9.17) is 19.4 Å². The van der Waals surface area contributed by atoms with Crippen LogP contribution in [0.25, 0.3) is 10.2 Å². The maximum atomic E-state index is 12.4. The van der Waals surface area contributed by atoms with E-state index in [0.29, 0.717) is 24.4 Å². The molecule has 152 valence electrons. The summed E-state index contributed by atoms with van der Waals surface area (Å²) in [6.45, 7) is 5.60. The molecule has 7 heteroatoms. The Hall–Kier alpha value is -2.51. The van der Waals surface area contributed by atoms with Crippen LogP contribution in [0, 0.1) is 6.92 Å². The van der Waals surface area contributed by atoms with Gasteiger partial charge in [-0.1, -0.05) is 30.3 Å². The summed E-state index contributed by atoms with van der Waals surface area (Å²) in [5, 5.41) is 4.36. The second kappa shape index (κ2) is 8.88. The molecule has 2 aromatic heterocycles. The zero-order valence-corrected chi connectivity index (χ0v) is 17.6. The number of ether oxygens (including phenoxy) is 2. The lowest BCUT2D eigenvalue weighted by molar-refractivity contribution is 0.0531. The van der Waals surface area contributed by atoms with Crippen molar-refractivity contribution in [2.24, 2.45) is 0 Å². The van der Waals surface area contributed by atoms with Crippen LogP contribution in [-0.2, 0) is 15.9 Å². The summed E-state index contributed by atoms with van der Waals surface area (Å²) in [6.07, 6.45) is 2.97. The SMILES string of the molecule is CCOC(=O)c1sc2nc(Cc3ccccc3)nc(NCC3CCCO3)c2c1C. The molecule has 1 N–H and O–H groups in total. The van der Waals surface area contributed by atoms with Crippen molar-refractivity contribution in [3.8, 4) is 0 Å². The van der Waals surface area contributed by atoms with E-state index in [9.17, 15) is 4.79 Å². The molecule has 0 spiro atoms. The summed E-state index contributed by atoms with van der Waals surface area (Å²) in [5.41, 5.74) is 2.01. The predicted octanol–water partition coefficient (Wildman–Crippen LogP) is 4.36. The smallest absolute Gasteiger partial charge is 0.348 e. The number of aryl methyl sites for hydroxylation is 1. The van der Waals surface area contributed by atoms with E-state index in [0.717, 1.165) is 52.4 Å². The number of hydrogen-bond acceptors (Lipinski definition) is 7. The van der Waals surface area contributed by atoms with Crippen molar-refractivity contribution >= 4 is 33.3 Å². The summed E-state index contributed by atoms with van der Waals surface area (Å²) in [4.78, 5) is 23.4. The molecule has 29 heavy (non-hydrogen) atoms. The highest BCUT2D eigenvalue weighted by molar-refractivity contribution is 7.20. The third kappa shape index (κ3) is 4.41. The number of thiophene rings is 1. The van der Waals surface area contributed by atoms with Gasteiger partial charge in [-0.3, -0.25) is 0 Å². The summed E-state index contributed by atoms with van der Waals surface area (Å²) < 4.78 is 11.0. The van der Waals surface area contributed by atoms with E-state index in [1.54, 1.807) is 0 Å². The minimum atomic E-state index is -0.303. The summed E-state index contributed by atoms with van der Waals surface area (Å²) >= 11 is 1.37. The topological polar surface area (TPSA) is 73.3 Å². The predicted molar refractivity (Wildman–Crippen MR) is 115 cm³/mol. The number of fused-ring (bicyclic) bond motifs is 1. The lowest BCUT2D eigenvalue weighted by Gasteiger charge is -2.13. The van der Waals surface area contributed by atoms with E-state index in [1.807, 2.05) is 32.0 Å². The lowest BCUT2D eigenvalue weighted by Crippen LogP contribution is -2.19. The molecule has 1 aliphatic rings. The molecule has 0 radical (unpaired) electrons. The molecular weight excluding hydrogens is 386 g/mol. The first-order valence-corrected chi connectivity index (χ1v) is 10.8. The van der Waals surface area contributed by atoms with Crippen LogP contribution in [0.15, 0.2) is 30.3 Å². The lowest BCUT2D eigenvalue weighted by atomic mass is 10.1. The fourth-order valence-electron chi connectivity index (χ4n) is 3.58. The molecule has 3 aromatic rings. The Balaban J connectivity index is 1.71. The third-order valence-electron chi connectivity index (χ3n) is 5.02. The van der Waals surface area contributed by atoms with Gasteiger partial charge in [-0.05, 0) is 37.8 Å². The maximum Gasteiger partial charge on any atom is 0.348 e. The van der Waals surface area contributed by atoms with Crippen molar-refractivity contribution < 1.29 is 14.3 Å². The van der Waals surface area contributed by atoms with Crippen molar-refractivity contribution in [1.29, 1.82) is 0 Å². The number of aromatic nitrogens is 2. The highest BCUT2D eigenvalue weighted by Crippen LogP contribution is 2.35. The second-order valence-corrected chi connectivity index (χ2v) is 8.12. The number of nitrogens with one attached hydrogen (secondary N) is 1. The van der Waals surface area contributed by atoms with Crippen molar-refractivity contribution in [2.45, 2.75) is 39.2 Å². The van der Waals surface area contributed by atoms with Gasteiger partial charge in [0, 0.05) is 19.6 Å². The number of benzene rings is 1. The third-order valence-corrected chi connectivity index (χ3v) is 6.19. The molecule has 0 aliphatic carbocycles. The number of nitrogens with zero attached hydrogens (tertiary/aromatic N) is 2. The van der Waals surface area contributed by atoms with Gasteiger partial charge in [0.05, 0.1) is 18.1 Å². The molecule has 1 aliphatic heterocycles. The van der Waals surface area contributed by atoms with Crippen LogP contribution in [0.5, 0.6) is 0 Å². The molecule has 1 fully saturated rings. The van der Waals surface area contributed by atoms with E-state index in [1.165, 1.54) is 11.3 Å². The van der Waals surface area contributed by atoms with Gasteiger partial charge >= 0.3 is 5.97 Å². The van der Waals surface area contributed by atoms with Crippen LogP contribution in [0.4, 0.5) is 5.82 Å². The molecule has 3 heterocycles. The maximum absolute atomic E-state index is 12.4. The molecule has 6 nitrogen and oxygen atoms in total. The Morgan fingerprint density at radius 3 is 2.86 bits per heavy atom. The molecule has 1 unspecified atom stereocenters. The zero-order chi connectivity index (χ0) is 20.2. The van der Waals surface area contributed by atoms with Gasteiger partial charge in [0.15, 0.2) is 0 Å². The van der Waals surface area contributed by atoms with E-state index >= 15 is 0 Å². The van der Waals surface area contributed by atoms with E-state index < -0.39 is 0 Å². The van der Waals surface area contributed by atoms with Crippen LogP contribution in [-0.4, -0.2) is 41.8 Å². The largest absolute Gasteiger partial charge is 0.462 e. The number of esters is 1. The molecule has 4 rings (SSSR count). The number of hydrogen-bond donors (Lipinski definition) is 1. The van der Waals surface area contributed by atoms with Crippen LogP contribution in [0.2, 0.25) is 0 Å². The first kappa shape index (κ1) is 19.8. The molecule has 0 amide bonds. The van der Waals surface area contributed by atoms with Crippen LogP contribution >= 0.6 is 11.3 Å². The molecule has 1 saturated heterocycles. The summed E-state index contributed by atoms with van der Waals surface area (Å²) in [7, 11) is 0. The van der Waals surface area contributed by atoms with Gasteiger partial charge in [-0.2, -0.15) is 0 Å².